The zero-order valence-electron chi connectivity index (χ0n) is 22.5. The second-order valence-electron chi connectivity index (χ2n) is 10.3. The number of nitrogens with zero attached hydrogens (tertiary/aromatic N) is 4. The Morgan fingerprint density at radius 3 is 2.67 bits per heavy atom. The number of Topliss-reactive ketones (excluding diaryl/α,β-unsaturated/α-hetero) is 1. The van der Waals surface area contributed by atoms with Crippen LogP contribution in [0.4, 0.5) is 0 Å². The highest BCUT2D eigenvalue weighted by molar-refractivity contribution is 7.08. The molecule has 1 saturated heterocycles. The highest BCUT2D eigenvalue weighted by Crippen LogP contribution is 2.32. The van der Waals surface area contributed by atoms with Crippen molar-refractivity contribution >= 4 is 39.8 Å². The van der Waals surface area contributed by atoms with Gasteiger partial charge in [0.05, 0.1) is 5.52 Å². The lowest BCUT2D eigenvalue weighted by Crippen LogP contribution is -2.43. The van der Waals surface area contributed by atoms with Gasteiger partial charge in [-0.15, -0.1) is 0 Å². The average molecular weight is 572 g/mol. The summed E-state index contributed by atoms with van der Waals surface area (Å²) in [6.45, 7) is 7.28. The molecule has 0 spiro atoms. The fourth-order valence-electron chi connectivity index (χ4n) is 4.94. The van der Waals surface area contributed by atoms with Crippen molar-refractivity contribution in [3.63, 3.8) is 0 Å². The third kappa shape index (κ3) is 5.81. The van der Waals surface area contributed by atoms with E-state index in [2.05, 4.69) is 44.8 Å². The molecule has 204 valence electrons. The molecule has 5 aromatic rings. The van der Waals surface area contributed by atoms with Gasteiger partial charge in [0.25, 0.3) is 0 Å². The molecule has 0 atom stereocenters. The number of aryl methyl sites for hydroxylation is 1. The molecule has 0 aliphatic carbocycles. The number of aromatic nitrogens is 3. The van der Waals surface area contributed by atoms with Crippen molar-refractivity contribution in [1.29, 1.82) is 0 Å². The van der Waals surface area contributed by atoms with Crippen LogP contribution in [0.2, 0.25) is 5.02 Å². The second-order valence-corrected chi connectivity index (χ2v) is 11.5. The van der Waals surface area contributed by atoms with Crippen LogP contribution in [-0.2, 0) is 13.0 Å². The summed E-state index contributed by atoms with van der Waals surface area (Å²) in [5.74, 6) is 1.58. The summed E-state index contributed by atoms with van der Waals surface area (Å²) in [5, 5.41) is 4.52. The minimum Gasteiger partial charge on any atom is -0.437 e. The average Bonchev–Trinajstić information content (AvgIpc) is 3.65. The van der Waals surface area contributed by atoms with Crippen LogP contribution in [0.25, 0.3) is 22.4 Å². The van der Waals surface area contributed by atoms with Crippen LogP contribution in [0.15, 0.2) is 65.5 Å². The van der Waals surface area contributed by atoms with E-state index >= 15 is 0 Å². The van der Waals surface area contributed by atoms with Crippen LogP contribution in [0.3, 0.4) is 0 Å². The summed E-state index contributed by atoms with van der Waals surface area (Å²) < 4.78 is 6.23. The van der Waals surface area contributed by atoms with Gasteiger partial charge in [-0.05, 0) is 72.4 Å². The van der Waals surface area contributed by atoms with E-state index in [4.69, 9.17) is 16.3 Å². The van der Waals surface area contributed by atoms with E-state index in [-0.39, 0.29) is 12.2 Å². The van der Waals surface area contributed by atoms with Crippen LogP contribution < -0.4 is 4.74 Å². The van der Waals surface area contributed by atoms with Gasteiger partial charge in [0.1, 0.15) is 11.3 Å². The Morgan fingerprint density at radius 2 is 1.90 bits per heavy atom. The predicted molar refractivity (Wildman–Crippen MR) is 161 cm³/mol. The first-order valence-corrected chi connectivity index (χ1v) is 14.6. The summed E-state index contributed by atoms with van der Waals surface area (Å²) in [6.07, 6.45) is 1.99. The third-order valence-electron chi connectivity index (χ3n) is 7.39. The summed E-state index contributed by atoms with van der Waals surface area (Å²) >= 11 is 8.12. The van der Waals surface area contributed by atoms with E-state index < -0.39 is 0 Å². The van der Waals surface area contributed by atoms with Gasteiger partial charge in [-0.2, -0.15) is 16.3 Å². The quantitative estimate of drug-likeness (QED) is 0.211. The van der Waals surface area contributed by atoms with Crippen molar-refractivity contribution in [1.82, 2.24) is 24.8 Å². The highest BCUT2D eigenvalue weighted by Gasteiger charge is 2.18. The highest BCUT2D eigenvalue weighted by atomic mass is 35.5. The summed E-state index contributed by atoms with van der Waals surface area (Å²) in [4.78, 5) is 30.6. The Kier molecular flexibility index (Phi) is 7.67. The van der Waals surface area contributed by atoms with Crippen molar-refractivity contribution < 1.29 is 9.53 Å². The smallest absolute Gasteiger partial charge is 0.247 e. The molecule has 1 N–H and O–H groups in total. The molecule has 1 fully saturated rings. The molecule has 0 amide bonds. The largest absolute Gasteiger partial charge is 0.437 e. The van der Waals surface area contributed by atoms with Crippen molar-refractivity contribution in [3.8, 4) is 23.0 Å². The second kappa shape index (κ2) is 11.5. The van der Waals surface area contributed by atoms with Crippen LogP contribution in [-0.4, -0.2) is 63.8 Å². The predicted octanol–water partition coefficient (Wildman–Crippen LogP) is 6.61. The maximum absolute atomic E-state index is 13.3. The normalized spacial score (nSPS) is 14.6. The molecule has 9 heteroatoms. The zero-order valence-corrected chi connectivity index (χ0v) is 24.1. The number of carbonyl (C=O) groups excluding carboxylic acids is 1. The Hall–Kier alpha value is -3.56. The minimum absolute atomic E-state index is 0.0156. The monoisotopic (exact) mass is 571 g/mol. The number of hydrogen-bond acceptors (Lipinski definition) is 7. The van der Waals surface area contributed by atoms with Gasteiger partial charge in [0, 0.05) is 66.9 Å². The van der Waals surface area contributed by atoms with Crippen LogP contribution in [0.5, 0.6) is 11.6 Å². The Labute approximate surface area is 242 Å². The molecule has 0 radical (unpaired) electrons. The number of likely N-dealkylation sites (N-methyl/N-ethyl adjacent to an activating group) is 1. The van der Waals surface area contributed by atoms with Crippen LogP contribution >= 0.6 is 22.9 Å². The standard InChI is InChI=1S/C31H30ClN5O2S/c1-20-15-21(3-4-22(20)18-37-12-10-36(2)11-13-37)28(38)17-24-16-25(5-6-26(24)32)39-31-29-27(7-9-33-29)34-30(35-31)23-8-14-40-19-23/h3-9,14-16,19,33H,10-13,17-18H2,1-2H3. The molecular formula is C31H30ClN5O2S. The van der Waals surface area contributed by atoms with E-state index in [1.165, 1.54) is 5.56 Å². The molecule has 1 aliphatic rings. The maximum Gasteiger partial charge on any atom is 0.247 e. The summed E-state index contributed by atoms with van der Waals surface area (Å²) in [7, 11) is 2.16. The van der Waals surface area contributed by atoms with Crippen LogP contribution in [0, 0.1) is 6.92 Å². The number of ketones is 1. The Morgan fingerprint density at radius 1 is 1.05 bits per heavy atom. The number of ether oxygens (including phenoxy) is 1. The van der Waals surface area contributed by atoms with Gasteiger partial charge in [-0.3, -0.25) is 9.69 Å². The van der Waals surface area contributed by atoms with Crippen LogP contribution in [0.1, 0.15) is 27.0 Å². The van der Waals surface area contributed by atoms with Crippen molar-refractivity contribution in [2.75, 3.05) is 33.2 Å². The van der Waals surface area contributed by atoms with Gasteiger partial charge in [-0.1, -0.05) is 23.7 Å². The first-order chi connectivity index (χ1) is 19.4. The molecule has 40 heavy (non-hydrogen) atoms. The molecule has 4 heterocycles. The fraction of sp³-hybridized carbons (Fsp3) is 0.258. The topological polar surface area (TPSA) is 74.3 Å². The number of piperazine rings is 1. The Bertz CT molecular complexity index is 1660. The van der Waals surface area contributed by atoms with E-state index in [1.54, 1.807) is 23.5 Å². The molecular weight excluding hydrogens is 542 g/mol. The van der Waals surface area contributed by atoms with Crippen molar-refractivity contribution in [2.45, 2.75) is 19.9 Å². The van der Waals surface area contributed by atoms with Gasteiger partial charge in [0.2, 0.25) is 5.88 Å². The molecule has 3 aromatic heterocycles. The zero-order chi connectivity index (χ0) is 27.6. The first-order valence-electron chi connectivity index (χ1n) is 13.3. The maximum atomic E-state index is 13.3. The third-order valence-corrected chi connectivity index (χ3v) is 8.44. The number of carbonyl (C=O) groups is 1. The molecule has 0 saturated carbocycles. The molecule has 0 bridgehead atoms. The summed E-state index contributed by atoms with van der Waals surface area (Å²) in [5.41, 5.74) is 6.19. The van der Waals surface area contributed by atoms with Crippen molar-refractivity contribution in [3.05, 3.63) is 92.8 Å². The van der Waals surface area contributed by atoms with Gasteiger partial charge < -0.3 is 14.6 Å². The number of rotatable bonds is 8. The first kappa shape index (κ1) is 26.7. The number of halogens is 1. The lowest BCUT2D eigenvalue weighted by Gasteiger charge is -2.32. The number of nitrogens with one attached hydrogen (secondary N) is 1. The van der Waals surface area contributed by atoms with Crippen molar-refractivity contribution in [2.24, 2.45) is 0 Å². The van der Waals surface area contributed by atoms with E-state index in [1.807, 2.05) is 47.3 Å². The molecule has 1 aliphatic heterocycles. The van der Waals surface area contributed by atoms with E-state index in [0.717, 1.165) is 49.4 Å². The number of benzene rings is 2. The molecule has 2 aromatic carbocycles. The number of hydrogen-bond donors (Lipinski definition) is 1. The number of aromatic amines is 1. The molecule has 6 rings (SSSR count). The number of fused-ring (bicyclic) bond motifs is 1. The number of thiophene rings is 1. The summed E-state index contributed by atoms with van der Waals surface area (Å²) in [6, 6.07) is 15.3. The SMILES string of the molecule is Cc1cc(C(=O)Cc2cc(Oc3nc(-c4ccsc4)nc4cc[nH]c34)ccc2Cl)ccc1CN1CCN(C)CC1. The van der Waals surface area contributed by atoms with Gasteiger partial charge in [-0.25, -0.2) is 4.98 Å². The lowest BCUT2D eigenvalue weighted by atomic mass is 9.98. The van der Waals surface area contributed by atoms with Gasteiger partial charge in [0.15, 0.2) is 11.6 Å². The fourth-order valence-corrected chi connectivity index (χ4v) is 5.76. The van der Waals surface area contributed by atoms with E-state index in [0.29, 0.717) is 39.1 Å². The lowest BCUT2D eigenvalue weighted by molar-refractivity contribution is 0.0993. The molecule has 7 nitrogen and oxygen atoms in total. The Balaban J connectivity index is 1.19. The van der Waals surface area contributed by atoms with E-state index in [9.17, 15) is 4.79 Å². The van der Waals surface area contributed by atoms with Gasteiger partial charge >= 0.3 is 0 Å². The molecule has 0 unspecified atom stereocenters. The number of H-pyrrole nitrogens is 1. The minimum atomic E-state index is 0.0156.